The number of hydrogen-bond acceptors (Lipinski definition) is 7. The summed E-state index contributed by atoms with van der Waals surface area (Å²) in [5.74, 6) is 0.732. The van der Waals surface area contributed by atoms with Gasteiger partial charge in [0, 0.05) is 6.42 Å². The minimum absolute atomic E-state index is 0.0258. The van der Waals surface area contributed by atoms with E-state index in [4.69, 9.17) is 21.1 Å². The number of benzene rings is 2. The third-order valence-corrected chi connectivity index (χ3v) is 5.64. The quantitative estimate of drug-likeness (QED) is 0.219. The van der Waals surface area contributed by atoms with Crippen molar-refractivity contribution in [1.82, 2.24) is 10.2 Å². The van der Waals surface area contributed by atoms with Gasteiger partial charge in [0.05, 0.1) is 5.02 Å². The number of halogens is 1. The number of hydrogen-bond donors (Lipinski definition) is 1. The predicted molar refractivity (Wildman–Crippen MR) is 130 cm³/mol. The molecule has 33 heavy (non-hydrogen) atoms. The Labute approximate surface area is 201 Å². The van der Waals surface area contributed by atoms with E-state index in [2.05, 4.69) is 22.4 Å². The zero-order chi connectivity index (χ0) is 23.5. The summed E-state index contributed by atoms with van der Waals surface area (Å²) >= 11 is 7.37. The van der Waals surface area contributed by atoms with E-state index in [0.29, 0.717) is 40.4 Å². The second-order valence-corrected chi connectivity index (χ2v) is 8.39. The largest absolute Gasteiger partial charge is 0.490 e. The number of rotatable bonds is 11. The Balaban J connectivity index is 1.51. The Kier molecular flexibility index (Phi) is 9.24. The van der Waals surface area contributed by atoms with Crippen molar-refractivity contribution in [3.63, 3.8) is 0 Å². The van der Waals surface area contributed by atoms with Crippen molar-refractivity contribution >= 4 is 40.1 Å². The van der Waals surface area contributed by atoms with Gasteiger partial charge in [0.2, 0.25) is 5.13 Å². The topological polar surface area (TPSA) is 97.1 Å². The highest BCUT2D eigenvalue weighted by molar-refractivity contribution is 7.15. The first-order valence-electron chi connectivity index (χ1n) is 10.4. The van der Waals surface area contributed by atoms with Crippen LogP contribution in [-0.4, -0.2) is 29.3 Å². The fraction of sp³-hybridized carbons (Fsp3) is 0.250. The molecule has 0 atom stereocenters. The van der Waals surface area contributed by atoms with Crippen molar-refractivity contribution in [1.29, 1.82) is 5.26 Å². The van der Waals surface area contributed by atoms with Crippen LogP contribution in [0.1, 0.15) is 30.3 Å². The van der Waals surface area contributed by atoms with E-state index < -0.39 is 5.91 Å². The van der Waals surface area contributed by atoms with E-state index in [1.807, 2.05) is 18.2 Å². The van der Waals surface area contributed by atoms with E-state index >= 15 is 0 Å². The van der Waals surface area contributed by atoms with Crippen molar-refractivity contribution in [2.45, 2.75) is 26.2 Å². The molecule has 1 heterocycles. The molecule has 1 amide bonds. The number of ether oxygens (including phenoxy) is 2. The van der Waals surface area contributed by atoms with Crippen LogP contribution in [0.2, 0.25) is 5.02 Å². The van der Waals surface area contributed by atoms with E-state index in [1.165, 1.54) is 17.4 Å². The molecule has 1 N–H and O–H groups in total. The Hall–Kier alpha value is -3.41. The zero-order valence-corrected chi connectivity index (χ0v) is 19.7. The lowest BCUT2D eigenvalue weighted by Crippen LogP contribution is -2.13. The maximum absolute atomic E-state index is 12.4. The van der Waals surface area contributed by atoms with Gasteiger partial charge < -0.3 is 9.47 Å². The first-order chi connectivity index (χ1) is 16.1. The van der Waals surface area contributed by atoms with Crippen LogP contribution in [0.15, 0.2) is 54.1 Å². The fourth-order valence-electron chi connectivity index (χ4n) is 2.75. The van der Waals surface area contributed by atoms with Crippen molar-refractivity contribution in [3.05, 3.63) is 69.7 Å². The number of nitrogens with zero attached hydrogens (tertiary/aromatic N) is 3. The number of unbranched alkanes of at least 4 members (excludes halogenated alkanes) is 1. The Morgan fingerprint density at radius 3 is 2.64 bits per heavy atom. The fourth-order valence-corrected chi connectivity index (χ4v) is 3.71. The average molecular weight is 483 g/mol. The van der Waals surface area contributed by atoms with Crippen LogP contribution < -0.4 is 14.8 Å². The second-order valence-electron chi connectivity index (χ2n) is 6.92. The molecule has 0 spiro atoms. The maximum atomic E-state index is 12.4. The highest BCUT2D eigenvalue weighted by atomic mass is 35.5. The van der Waals surface area contributed by atoms with Gasteiger partial charge in [-0.1, -0.05) is 60.5 Å². The summed E-state index contributed by atoms with van der Waals surface area (Å²) in [6, 6.07) is 16.2. The molecular weight excluding hydrogens is 460 g/mol. The minimum Gasteiger partial charge on any atom is -0.490 e. The van der Waals surface area contributed by atoms with Crippen molar-refractivity contribution in [2.75, 3.05) is 18.5 Å². The summed E-state index contributed by atoms with van der Waals surface area (Å²) in [6.07, 6.45) is 4.41. The minimum atomic E-state index is -0.521. The van der Waals surface area contributed by atoms with Crippen LogP contribution in [0, 0.1) is 11.3 Å². The monoisotopic (exact) mass is 482 g/mol. The highest BCUT2D eigenvalue weighted by Crippen LogP contribution is 2.23. The van der Waals surface area contributed by atoms with Gasteiger partial charge in [-0.25, -0.2) is 0 Å². The highest BCUT2D eigenvalue weighted by Gasteiger charge is 2.13. The van der Waals surface area contributed by atoms with Gasteiger partial charge in [0.1, 0.15) is 41.4 Å². The Morgan fingerprint density at radius 1 is 1.15 bits per heavy atom. The van der Waals surface area contributed by atoms with E-state index in [1.54, 1.807) is 36.4 Å². The van der Waals surface area contributed by atoms with Crippen LogP contribution in [-0.2, 0) is 11.2 Å². The lowest BCUT2D eigenvalue weighted by molar-refractivity contribution is -0.112. The van der Waals surface area contributed by atoms with Gasteiger partial charge in [-0.2, -0.15) is 5.26 Å². The summed E-state index contributed by atoms with van der Waals surface area (Å²) in [6.45, 7) is 2.79. The molecule has 7 nitrogen and oxygen atoms in total. The number of para-hydroxylation sites is 1. The van der Waals surface area contributed by atoms with Gasteiger partial charge >= 0.3 is 0 Å². The molecule has 0 aliphatic rings. The van der Waals surface area contributed by atoms with Gasteiger partial charge in [-0.05, 0) is 42.3 Å². The number of nitrogens with one attached hydrogen (secondary N) is 1. The molecule has 0 bridgehead atoms. The number of carbonyl (C=O) groups excluding carboxylic acids is 1. The number of anilines is 1. The molecular formula is C24H23ClN4O3S. The van der Waals surface area contributed by atoms with E-state index in [9.17, 15) is 10.1 Å². The molecule has 3 aromatic rings. The molecule has 3 rings (SSSR count). The molecule has 0 unspecified atom stereocenters. The van der Waals surface area contributed by atoms with Gasteiger partial charge in [-0.3, -0.25) is 10.1 Å². The molecule has 0 aliphatic heterocycles. The van der Waals surface area contributed by atoms with E-state index in [0.717, 1.165) is 24.3 Å². The standard InChI is InChI=1S/C24H23ClN4O3S/c1-2-3-8-22-28-29-24(33-22)27-23(30)18(16-26)15-17-9-11-19(12-10-17)31-13-14-32-21-7-5-4-6-20(21)25/h4-7,9-12,15H,2-3,8,13-14H2,1H3,(H,27,29,30). The van der Waals surface area contributed by atoms with Gasteiger partial charge in [0.25, 0.3) is 5.91 Å². The average Bonchev–Trinajstić information content (AvgIpc) is 3.27. The molecule has 0 saturated heterocycles. The number of amides is 1. The maximum Gasteiger partial charge on any atom is 0.268 e. The van der Waals surface area contributed by atoms with Crippen LogP contribution >= 0.6 is 22.9 Å². The molecule has 170 valence electrons. The third kappa shape index (κ3) is 7.59. The van der Waals surface area contributed by atoms with Crippen LogP contribution in [0.3, 0.4) is 0 Å². The molecule has 0 saturated carbocycles. The Morgan fingerprint density at radius 2 is 1.91 bits per heavy atom. The predicted octanol–water partition coefficient (Wildman–Crippen LogP) is 5.54. The van der Waals surface area contributed by atoms with Crippen LogP contribution in [0.25, 0.3) is 6.08 Å². The number of aryl methyl sites for hydroxylation is 1. The van der Waals surface area contributed by atoms with E-state index in [-0.39, 0.29) is 5.57 Å². The number of carbonyl (C=O) groups is 1. The lowest BCUT2D eigenvalue weighted by Gasteiger charge is -2.09. The smallest absolute Gasteiger partial charge is 0.268 e. The summed E-state index contributed by atoms with van der Waals surface area (Å²) < 4.78 is 11.3. The summed E-state index contributed by atoms with van der Waals surface area (Å²) in [5.41, 5.74) is 0.671. The normalized spacial score (nSPS) is 11.0. The number of aromatic nitrogens is 2. The molecule has 9 heteroatoms. The molecule has 0 radical (unpaired) electrons. The summed E-state index contributed by atoms with van der Waals surface area (Å²) in [4.78, 5) is 12.4. The van der Waals surface area contributed by atoms with Crippen molar-refractivity contribution in [3.8, 4) is 17.6 Å². The van der Waals surface area contributed by atoms with Crippen molar-refractivity contribution in [2.24, 2.45) is 0 Å². The first-order valence-corrected chi connectivity index (χ1v) is 11.6. The summed E-state index contributed by atoms with van der Waals surface area (Å²) in [7, 11) is 0. The van der Waals surface area contributed by atoms with Crippen molar-refractivity contribution < 1.29 is 14.3 Å². The molecule has 0 fully saturated rings. The zero-order valence-electron chi connectivity index (χ0n) is 18.1. The second kappa shape index (κ2) is 12.6. The van der Waals surface area contributed by atoms with Gasteiger partial charge in [-0.15, -0.1) is 10.2 Å². The SMILES string of the molecule is CCCCc1nnc(NC(=O)C(C#N)=Cc2ccc(OCCOc3ccccc3Cl)cc2)s1. The van der Waals surface area contributed by atoms with Crippen LogP contribution in [0.5, 0.6) is 11.5 Å². The summed E-state index contributed by atoms with van der Waals surface area (Å²) in [5, 5.41) is 21.9. The number of nitriles is 1. The molecule has 1 aromatic heterocycles. The third-order valence-electron chi connectivity index (χ3n) is 4.43. The van der Waals surface area contributed by atoms with Gasteiger partial charge in [0.15, 0.2) is 0 Å². The first kappa shape index (κ1) is 24.2. The lowest BCUT2D eigenvalue weighted by atomic mass is 10.1. The Bertz CT molecular complexity index is 1140. The molecule has 2 aromatic carbocycles. The van der Waals surface area contributed by atoms with Crippen LogP contribution in [0.4, 0.5) is 5.13 Å². The molecule has 0 aliphatic carbocycles.